The van der Waals surface area contributed by atoms with Crippen LogP contribution in [0.1, 0.15) is 70.6 Å². The summed E-state index contributed by atoms with van der Waals surface area (Å²) in [5.74, 6) is 2.09. The van der Waals surface area contributed by atoms with Crippen LogP contribution in [-0.4, -0.2) is 3.21 Å². The maximum Gasteiger partial charge on any atom is -0.0809 e. The van der Waals surface area contributed by atoms with Crippen LogP contribution in [0.4, 0.5) is 0 Å². The molecule has 3 heteroatoms. The molecule has 0 atom stereocenters. The first kappa shape index (κ1) is 27.7. The molecule has 3 aliphatic carbocycles. The summed E-state index contributed by atoms with van der Waals surface area (Å²) in [5, 5.41) is 2.66. The van der Waals surface area contributed by atoms with Gasteiger partial charge >= 0.3 is 103 Å². The average Bonchev–Trinajstić information content (AvgIpc) is 3.50. The van der Waals surface area contributed by atoms with Crippen LogP contribution in [0.15, 0.2) is 60.7 Å². The van der Waals surface area contributed by atoms with Crippen LogP contribution < -0.4 is 0 Å². The van der Waals surface area contributed by atoms with Crippen molar-refractivity contribution in [3.63, 3.8) is 0 Å². The molecule has 5 rings (SSSR count). The molecule has 2 saturated carbocycles. The minimum atomic E-state index is 0. The third-order valence-electron chi connectivity index (χ3n) is 6.22. The Morgan fingerprint density at radius 2 is 1.43 bits per heavy atom. The van der Waals surface area contributed by atoms with E-state index in [4.69, 9.17) is 0 Å². The van der Waals surface area contributed by atoms with Crippen molar-refractivity contribution in [1.29, 1.82) is 0 Å². The van der Waals surface area contributed by atoms with Gasteiger partial charge in [-0.2, -0.15) is 23.6 Å². The van der Waals surface area contributed by atoms with Gasteiger partial charge in [-0.15, -0.1) is 60.9 Å². The van der Waals surface area contributed by atoms with Crippen molar-refractivity contribution in [3.05, 3.63) is 66.8 Å². The van der Waals surface area contributed by atoms with Crippen molar-refractivity contribution in [3.8, 4) is 0 Å². The van der Waals surface area contributed by atoms with E-state index in [1.807, 2.05) is 15.4 Å². The van der Waals surface area contributed by atoms with Gasteiger partial charge in [0.05, 0.1) is 0 Å². The van der Waals surface area contributed by atoms with Crippen LogP contribution in [0.2, 0.25) is 0 Å². The zero-order chi connectivity index (χ0) is 19.4. The Bertz CT molecular complexity index is 702. The third-order valence-corrected chi connectivity index (χ3v) is 8.23. The van der Waals surface area contributed by atoms with Gasteiger partial charge < -0.3 is 0 Å². The fraction of sp³-hybridized carbons (Fsp3) is 0.481. The van der Waals surface area contributed by atoms with Crippen LogP contribution in [0.5, 0.6) is 0 Å². The first-order valence-corrected chi connectivity index (χ1v) is 12.5. The first-order chi connectivity index (χ1) is 13.8. The molecule has 0 bridgehead atoms. The van der Waals surface area contributed by atoms with Crippen molar-refractivity contribution in [2.75, 3.05) is 0 Å². The molecule has 0 aliphatic heterocycles. The van der Waals surface area contributed by atoms with Crippen LogP contribution >= 0.6 is 24.8 Å². The summed E-state index contributed by atoms with van der Waals surface area (Å²) < 4.78 is 1.97. The van der Waals surface area contributed by atoms with E-state index in [1.54, 1.807) is 24.2 Å². The quantitative estimate of drug-likeness (QED) is 0.347. The Kier molecular flexibility index (Phi) is 15.0. The molecule has 0 heterocycles. The van der Waals surface area contributed by atoms with Gasteiger partial charge in [0, 0.05) is 0 Å². The summed E-state index contributed by atoms with van der Waals surface area (Å²) in [7, 11) is 0. The molecule has 0 unspecified atom stereocenters. The van der Waals surface area contributed by atoms with Gasteiger partial charge in [0.2, 0.25) is 0 Å². The Morgan fingerprint density at radius 1 is 0.833 bits per heavy atom. The summed E-state index contributed by atoms with van der Waals surface area (Å²) in [5.41, 5.74) is 0. The summed E-state index contributed by atoms with van der Waals surface area (Å²) in [6.45, 7) is 0. The SMILES string of the molecule is Cl.Cl.[C-]1=CC=CC1.[Zr+2]=[C](C1CCCCC1)C1CCCCC1.c1ccc2[cH-]ccc2c1. The van der Waals surface area contributed by atoms with Crippen molar-refractivity contribution >= 4 is 38.8 Å². The van der Waals surface area contributed by atoms with E-state index in [1.165, 1.54) is 75.0 Å². The second kappa shape index (κ2) is 16.3. The summed E-state index contributed by atoms with van der Waals surface area (Å²) in [6.07, 6.45) is 25.1. The molecule has 0 radical (unpaired) electrons. The number of halogens is 2. The van der Waals surface area contributed by atoms with E-state index in [2.05, 4.69) is 54.6 Å². The molecule has 0 aromatic heterocycles. The van der Waals surface area contributed by atoms with E-state index >= 15 is 0 Å². The van der Waals surface area contributed by atoms with Gasteiger partial charge in [-0.05, 0) is 0 Å². The second-order valence-electron chi connectivity index (χ2n) is 8.28. The molecule has 0 nitrogen and oxygen atoms in total. The summed E-state index contributed by atoms with van der Waals surface area (Å²) in [4.78, 5) is 0. The smallest absolute Gasteiger partial charge is 0.0809 e. The van der Waals surface area contributed by atoms with Crippen molar-refractivity contribution in [2.24, 2.45) is 11.8 Å². The predicted molar refractivity (Wildman–Crippen MR) is 134 cm³/mol. The van der Waals surface area contributed by atoms with E-state index in [9.17, 15) is 0 Å². The molecule has 0 N–H and O–H groups in total. The molecular formula is C27H36Cl2Zr. The number of rotatable bonds is 2. The largest absolute Gasteiger partial charge is 0.168 e. The maximum absolute atomic E-state index is 2.99. The normalized spacial score (nSPS) is 18.3. The Labute approximate surface area is 211 Å². The number of hydrogen-bond donors (Lipinski definition) is 0. The van der Waals surface area contributed by atoms with E-state index < -0.39 is 0 Å². The van der Waals surface area contributed by atoms with Gasteiger partial charge in [0.15, 0.2) is 0 Å². The fourth-order valence-electron chi connectivity index (χ4n) is 4.57. The molecule has 2 fully saturated rings. The average molecular weight is 523 g/mol. The van der Waals surface area contributed by atoms with Gasteiger partial charge in [0.25, 0.3) is 0 Å². The molecule has 0 saturated heterocycles. The number of fused-ring (bicyclic) bond motifs is 1. The molecule has 30 heavy (non-hydrogen) atoms. The third kappa shape index (κ3) is 9.42. The van der Waals surface area contributed by atoms with Crippen LogP contribution in [0, 0.1) is 17.9 Å². The first-order valence-electron chi connectivity index (χ1n) is 11.2. The number of allylic oxidation sites excluding steroid dienone is 4. The number of hydrogen-bond acceptors (Lipinski definition) is 0. The van der Waals surface area contributed by atoms with Gasteiger partial charge in [-0.3, -0.25) is 6.08 Å². The fourth-order valence-corrected chi connectivity index (χ4v) is 5.99. The molecule has 0 amide bonds. The topological polar surface area (TPSA) is 0 Å². The molecule has 0 spiro atoms. The predicted octanol–water partition coefficient (Wildman–Crippen LogP) is 8.57. The minimum Gasteiger partial charge on any atom is -0.168 e. The standard InChI is InChI=1S/C13H22.C9H7.C5H5.2ClH.Zr/c1-3-7-12(8-4-1)11-13-9-5-2-6-10-13;1-2-5-9-7-3-6-8(9)4-1;1-2-4-5-3-1;;;/h12-13H,1-10H2;1-7H;1-3H,4H2;2*1H;/q;2*-1;;;+2. The second-order valence-corrected chi connectivity index (χ2v) is 9.70. The Morgan fingerprint density at radius 3 is 1.90 bits per heavy atom. The molecular weight excluding hydrogens is 486 g/mol. The van der Waals surface area contributed by atoms with Gasteiger partial charge in [-0.25, -0.2) is 12.2 Å². The van der Waals surface area contributed by atoms with E-state index in [-0.39, 0.29) is 24.8 Å². The summed E-state index contributed by atoms with van der Waals surface area (Å²) in [6, 6.07) is 14.7. The molecule has 162 valence electrons. The van der Waals surface area contributed by atoms with Crippen LogP contribution in [0.3, 0.4) is 0 Å². The zero-order valence-corrected chi connectivity index (χ0v) is 22.1. The Balaban J connectivity index is 0.000000242. The molecule has 3 aliphatic rings. The van der Waals surface area contributed by atoms with E-state index in [0.717, 1.165) is 18.3 Å². The van der Waals surface area contributed by atoms with Crippen LogP contribution in [-0.2, 0) is 24.2 Å². The van der Waals surface area contributed by atoms with Crippen molar-refractivity contribution < 1.29 is 24.2 Å². The number of benzene rings is 1. The zero-order valence-electron chi connectivity index (χ0n) is 18.0. The molecule has 2 aromatic rings. The summed E-state index contributed by atoms with van der Waals surface area (Å²) >= 11 is 1.77. The van der Waals surface area contributed by atoms with Gasteiger partial charge in [-0.1, -0.05) is 6.07 Å². The van der Waals surface area contributed by atoms with Crippen molar-refractivity contribution in [1.82, 2.24) is 0 Å². The van der Waals surface area contributed by atoms with Crippen molar-refractivity contribution in [2.45, 2.75) is 70.6 Å². The van der Waals surface area contributed by atoms with Crippen LogP contribution in [0.25, 0.3) is 10.8 Å². The minimum absolute atomic E-state index is 0. The Hall–Kier alpha value is -0.357. The maximum atomic E-state index is 2.99. The molecule has 2 aromatic carbocycles. The monoisotopic (exact) mass is 520 g/mol. The van der Waals surface area contributed by atoms with E-state index in [0.29, 0.717) is 0 Å². The van der Waals surface area contributed by atoms with Gasteiger partial charge in [0.1, 0.15) is 0 Å².